The van der Waals surface area contributed by atoms with Crippen LogP contribution >= 0.6 is 23.1 Å². The molecule has 56 valence electrons. The lowest BCUT2D eigenvalue weighted by Crippen LogP contribution is -2.00. The maximum absolute atomic E-state index is 8.72. The van der Waals surface area contributed by atoms with E-state index >= 15 is 0 Å². The molecule has 0 amide bonds. The number of thioether (sulfide) groups is 1. The van der Waals surface area contributed by atoms with E-state index in [0.29, 0.717) is 5.25 Å². The van der Waals surface area contributed by atoms with E-state index < -0.39 is 0 Å². The van der Waals surface area contributed by atoms with E-state index in [9.17, 15) is 0 Å². The van der Waals surface area contributed by atoms with Crippen molar-refractivity contribution >= 4 is 23.1 Å². The van der Waals surface area contributed by atoms with Crippen molar-refractivity contribution in [3.05, 3.63) is 16.8 Å². The maximum atomic E-state index is 8.72. The summed E-state index contributed by atoms with van der Waals surface area (Å²) >= 11 is 3.40. The van der Waals surface area contributed by atoms with Crippen molar-refractivity contribution in [3.8, 4) is 0 Å². The smallest absolute Gasteiger partial charge is 0.0550 e. The predicted molar refractivity (Wildman–Crippen MR) is 46.7 cm³/mol. The van der Waals surface area contributed by atoms with Gasteiger partial charge in [-0.05, 0) is 11.4 Å². The molecule has 0 aliphatic rings. The molecule has 0 spiro atoms. The molecule has 1 aromatic heterocycles. The van der Waals surface area contributed by atoms with Gasteiger partial charge in [0.05, 0.1) is 6.61 Å². The van der Waals surface area contributed by atoms with Crippen molar-refractivity contribution in [3.63, 3.8) is 0 Å². The predicted octanol–water partition coefficient (Wildman–Crippen LogP) is 2.22. The van der Waals surface area contributed by atoms with E-state index in [1.165, 1.54) is 4.90 Å². The van der Waals surface area contributed by atoms with Gasteiger partial charge in [0.15, 0.2) is 0 Å². The molecule has 1 heterocycles. The molecule has 0 aromatic carbocycles. The van der Waals surface area contributed by atoms with Crippen LogP contribution in [0, 0.1) is 0 Å². The Labute approximate surface area is 69.1 Å². The molecule has 0 saturated heterocycles. The number of rotatable bonds is 3. The van der Waals surface area contributed by atoms with E-state index in [2.05, 4.69) is 11.4 Å². The van der Waals surface area contributed by atoms with Crippen molar-refractivity contribution in [2.24, 2.45) is 0 Å². The van der Waals surface area contributed by atoms with Gasteiger partial charge >= 0.3 is 0 Å². The average Bonchev–Trinajstić information content (AvgIpc) is 2.40. The van der Waals surface area contributed by atoms with Gasteiger partial charge in [-0.25, -0.2) is 0 Å². The number of hydrogen-bond donors (Lipinski definition) is 1. The van der Waals surface area contributed by atoms with E-state index in [4.69, 9.17) is 5.11 Å². The third-order valence-electron chi connectivity index (χ3n) is 1.09. The zero-order valence-electron chi connectivity index (χ0n) is 5.78. The molecule has 0 bridgehead atoms. The molecule has 1 rings (SSSR count). The van der Waals surface area contributed by atoms with Gasteiger partial charge in [-0.3, -0.25) is 0 Å². The Bertz CT molecular complexity index is 172. The Balaban J connectivity index is 2.40. The van der Waals surface area contributed by atoms with Crippen LogP contribution in [0.2, 0.25) is 0 Å². The highest BCUT2D eigenvalue weighted by Gasteiger charge is 2.01. The minimum Gasteiger partial charge on any atom is -0.395 e. The molecule has 1 aromatic rings. The van der Waals surface area contributed by atoms with Crippen molar-refractivity contribution in [2.75, 3.05) is 6.61 Å². The van der Waals surface area contributed by atoms with E-state index in [-0.39, 0.29) is 6.61 Å². The number of hydrogen-bond acceptors (Lipinski definition) is 3. The molecule has 0 fully saturated rings. The molecule has 10 heavy (non-hydrogen) atoms. The minimum atomic E-state index is 0.251. The number of aliphatic hydroxyl groups excluding tert-OH is 1. The summed E-state index contributed by atoms with van der Waals surface area (Å²) in [7, 11) is 0. The fourth-order valence-electron chi connectivity index (χ4n) is 0.589. The van der Waals surface area contributed by atoms with Crippen LogP contribution in [-0.2, 0) is 0 Å². The molecule has 0 saturated carbocycles. The molecular formula is C7H10OS2. The fraction of sp³-hybridized carbons (Fsp3) is 0.429. The van der Waals surface area contributed by atoms with Gasteiger partial charge in [0.25, 0.3) is 0 Å². The van der Waals surface area contributed by atoms with Crippen LogP contribution in [-0.4, -0.2) is 17.0 Å². The summed E-state index contributed by atoms with van der Waals surface area (Å²) in [5, 5.41) is 13.2. The molecule has 0 radical (unpaired) electrons. The highest BCUT2D eigenvalue weighted by Crippen LogP contribution is 2.24. The third-order valence-corrected chi connectivity index (χ3v) is 3.00. The molecular weight excluding hydrogens is 164 g/mol. The van der Waals surface area contributed by atoms with Crippen LogP contribution in [0.3, 0.4) is 0 Å². The summed E-state index contributed by atoms with van der Waals surface area (Å²) < 4.78 is 0. The molecule has 1 nitrogen and oxygen atoms in total. The first-order chi connectivity index (χ1) is 4.83. The lowest BCUT2D eigenvalue weighted by atomic mass is 10.5. The van der Waals surface area contributed by atoms with Crippen LogP contribution in [0.5, 0.6) is 0 Å². The SMILES string of the molecule is C[C@H](CO)Sc1ccsc1. The fourth-order valence-corrected chi connectivity index (χ4v) is 2.27. The summed E-state index contributed by atoms with van der Waals surface area (Å²) in [4.78, 5) is 1.26. The molecule has 1 atom stereocenters. The summed E-state index contributed by atoms with van der Waals surface area (Å²) in [6.45, 7) is 2.27. The Kier molecular flexibility index (Phi) is 3.25. The topological polar surface area (TPSA) is 20.2 Å². The highest BCUT2D eigenvalue weighted by molar-refractivity contribution is 8.00. The van der Waals surface area contributed by atoms with Crippen LogP contribution in [0.4, 0.5) is 0 Å². The summed E-state index contributed by atoms with van der Waals surface area (Å²) in [5.41, 5.74) is 0. The van der Waals surface area contributed by atoms with Crippen LogP contribution < -0.4 is 0 Å². The summed E-state index contributed by atoms with van der Waals surface area (Å²) in [6, 6.07) is 2.07. The van der Waals surface area contributed by atoms with E-state index in [1.807, 2.05) is 12.3 Å². The van der Waals surface area contributed by atoms with Crippen molar-refractivity contribution in [1.82, 2.24) is 0 Å². The van der Waals surface area contributed by atoms with E-state index in [1.54, 1.807) is 23.1 Å². The molecule has 3 heteroatoms. The second-order valence-electron chi connectivity index (χ2n) is 2.07. The first-order valence-electron chi connectivity index (χ1n) is 3.12. The van der Waals surface area contributed by atoms with Gasteiger partial charge in [-0.2, -0.15) is 11.3 Å². The van der Waals surface area contributed by atoms with Crippen molar-refractivity contribution in [1.29, 1.82) is 0 Å². The second-order valence-corrected chi connectivity index (χ2v) is 4.36. The largest absolute Gasteiger partial charge is 0.395 e. The Morgan fingerprint density at radius 1 is 1.80 bits per heavy atom. The van der Waals surface area contributed by atoms with Gasteiger partial charge in [-0.1, -0.05) is 6.92 Å². The van der Waals surface area contributed by atoms with Crippen molar-refractivity contribution in [2.45, 2.75) is 17.1 Å². The summed E-state index contributed by atoms with van der Waals surface area (Å²) in [6.07, 6.45) is 0. The highest BCUT2D eigenvalue weighted by atomic mass is 32.2. The van der Waals surface area contributed by atoms with Gasteiger partial charge in [0.2, 0.25) is 0 Å². The Morgan fingerprint density at radius 3 is 3.10 bits per heavy atom. The Hall–Kier alpha value is 0.01000. The molecule has 0 aliphatic carbocycles. The molecule has 0 aliphatic heterocycles. The van der Waals surface area contributed by atoms with Crippen LogP contribution in [0.1, 0.15) is 6.92 Å². The normalized spacial score (nSPS) is 13.4. The standard InChI is InChI=1S/C7H10OS2/c1-6(4-8)10-7-2-3-9-5-7/h2-3,5-6,8H,4H2,1H3/t6-/m1/s1. The molecule has 0 unspecified atom stereocenters. The first kappa shape index (κ1) is 8.11. The van der Waals surface area contributed by atoms with E-state index in [0.717, 1.165) is 0 Å². The minimum absolute atomic E-state index is 0.251. The average molecular weight is 174 g/mol. The van der Waals surface area contributed by atoms with Gasteiger partial charge in [0.1, 0.15) is 0 Å². The maximum Gasteiger partial charge on any atom is 0.0550 e. The lowest BCUT2D eigenvalue weighted by Gasteiger charge is -2.03. The quantitative estimate of drug-likeness (QED) is 0.709. The summed E-state index contributed by atoms with van der Waals surface area (Å²) in [5.74, 6) is 0. The van der Waals surface area contributed by atoms with Crippen molar-refractivity contribution < 1.29 is 5.11 Å². The van der Waals surface area contributed by atoms with Crippen LogP contribution in [0.15, 0.2) is 21.7 Å². The van der Waals surface area contributed by atoms with Gasteiger partial charge < -0.3 is 5.11 Å². The van der Waals surface area contributed by atoms with Gasteiger partial charge in [-0.15, -0.1) is 11.8 Å². The van der Waals surface area contributed by atoms with Gasteiger partial charge in [0, 0.05) is 15.5 Å². The first-order valence-corrected chi connectivity index (χ1v) is 4.95. The molecule has 1 N–H and O–H groups in total. The third kappa shape index (κ3) is 2.33. The van der Waals surface area contributed by atoms with Crippen LogP contribution in [0.25, 0.3) is 0 Å². The number of thiophene rings is 1. The monoisotopic (exact) mass is 174 g/mol. The zero-order valence-corrected chi connectivity index (χ0v) is 7.41. The second kappa shape index (κ2) is 4.01. The number of aliphatic hydroxyl groups is 1. The Morgan fingerprint density at radius 2 is 2.60 bits per heavy atom. The lowest BCUT2D eigenvalue weighted by molar-refractivity contribution is 0.300. The zero-order chi connectivity index (χ0) is 7.40.